The van der Waals surface area contributed by atoms with Gasteiger partial charge in [0.2, 0.25) is 0 Å². The Morgan fingerprint density at radius 1 is 0.957 bits per heavy atom. The average molecular weight is 311 g/mol. The summed E-state index contributed by atoms with van der Waals surface area (Å²) in [6, 6.07) is 9.76. The van der Waals surface area contributed by atoms with Gasteiger partial charge in [-0.1, -0.05) is 30.3 Å². The summed E-state index contributed by atoms with van der Waals surface area (Å²) in [5.74, 6) is -1.45. The van der Waals surface area contributed by atoms with Gasteiger partial charge in [-0.2, -0.15) is 0 Å². The smallest absolute Gasteiger partial charge is 0.330 e. The van der Waals surface area contributed by atoms with E-state index in [0.29, 0.717) is 11.1 Å². The minimum atomic E-state index is -1.08. The van der Waals surface area contributed by atoms with Gasteiger partial charge in [0.05, 0.1) is 0 Å². The van der Waals surface area contributed by atoms with Crippen molar-refractivity contribution in [2.75, 3.05) is 0 Å². The van der Waals surface area contributed by atoms with Gasteiger partial charge < -0.3 is 10.4 Å². The quantitative estimate of drug-likeness (QED) is 0.908. The molecule has 120 valence electrons. The highest BCUT2D eigenvalue weighted by Gasteiger charge is 2.23. The summed E-state index contributed by atoms with van der Waals surface area (Å²) in [6.45, 7) is 7.66. The van der Waals surface area contributed by atoms with Crippen LogP contribution < -0.4 is 5.32 Å². The van der Waals surface area contributed by atoms with Gasteiger partial charge in [-0.3, -0.25) is 4.79 Å². The highest BCUT2D eigenvalue weighted by molar-refractivity contribution is 5.98. The Bertz CT molecular complexity index is 765. The first-order valence-electron chi connectivity index (χ1n) is 7.48. The van der Waals surface area contributed by atoms with Crippen LogP contribution in [0.4, 0.5) is 0 Å². The Labute approximate surface area is 136 Å². The van der Waals surface area contributed by atoms with Crippen LogP contribution in [0.15, 0.2) is 36.4 Å². The molecule has 0 aliphatic heterocycles. The Morgan fingerprint density at radius 3 is 2.26 bits per heavy atom. The second-order valence-corrected chi connectivity index (χ2v) is 5.84. The van der Waals surface area contributed by atoms with Crippen LogP contribution >= 0.6 is 0 Å². The van der Waals surface area contributed by atoms with E-state index in [1.807, 2.05) is 39.8 Å². The molecule has 0 saturated heterocycles. The number of benzene rings is 2. The first-order valence-corrected chi connectivity index (χ1v) is 7.48. The summed E-state index contributed by atoms with van der Waals surface area (Å²) in [7, 11) is 0. The maximum Gasteiger partial charge on any atom is 0.330 e. The van der Waals surface area contributed by atoms with Crippen molar-refractivity contribution in [3.63, 3.8) is 0 Å². The Kier molecular flexibility index (Phi) is 4.84. The monoisotopic (exact) mass is 311 g/mol. The number of carboxylic acids is 1. The van der Waals surface area contributed by atoms with E-state index < -0.39 is 12.0 Å². The summed E-state index contributed by atoms with van der Waals surface area (Å²) in [5, 5.41) is 12.1. The van der Waals surface area contributed by atoms with Gasteiger partial charge in [-0.15, -0.1) is 0 Å². The van der Waals surface area contributed by atoms with Crippen molar-refractivity contribution < 1.29 is 14.7 Å². The summed E-state index contributed by atoms with van der Waals surface area (Å²) in [6.07, 6.45) is 0. The van der Waals surface area contributed by atoms with Crippen LogP contribution in [0.3, 0.4) is 0 Å². The largest absolute Gasteiger partial charge is 0.479 e. The molecule has 0 aromatic heterocycles. The summed E-state index contributed by atoms with van der Waals surface area (Å²) < 4.78 is 0. The summed E-state index contributed by atoms with van der Waals surface area (Å²) in [5.41, 5.74) is 5.00. The van der Waals surface area contributed by atoms with E-state index in [-0.39, 0.29) is 5.91 Å². The maximum atomic E-state index is 12.5. The van der Waals surface area contributed by atoms with Crippen molar-refractivity contribution >= 4 is 11.9 Å². The van der Waals surface area contributed by atoms with Crippen LogP contribution in [0, 0.1) is 27.7 Å². The van der Waals surface area contributed by atoms with Crippen molar-refractivity contribution in [2.45, 2.75) is 33.7 Å². The van der Waals surface area contributed by atoms with Gasteiger partial charge in [-0.05, 0) is 61.6 Å². The van der Waals surface area contributed by atoms with Crippen molar-refractivity contribution in [1.82, 2.24) is 5.32 Å². The lowest BCUT2D eigenvalue weighted by atomic mass is 9.99. The molecule has 2 rings (SSSR count). The lowest BCUT2D eigenvalue weighted by Gasteiger charge is -2.17. The third-order valence-electron chi connectivity index (χ3n) is 4.24. The molecule has 23 heavy (non-hydrogen) atoms. The number of hydrogen-bond donors (Lipinski definition) is 2. The number of hydrogen-bond acceptors (Lipinski definition) is 2. The number of carbonyl (C=O) groups excluding carboxylic acids is 1. The fourth-order valence-electron chi connectivity index (χ4n) is 2.44. The zero-order valence-corrected chi connectivity index (χ0v) is 13.8. The molecule has 4 heteroatoms. The van der Waals surface area contributed by atoms with Crippen molar-refractivity contribution in [1.29, 1.82) is 0 Å². The Balaban J connectivity index is 2.32. The molecule has 2 aromatic carbocycles. The van der Waals surface area contributed by atoms with Crippen LogP contribution in [0.25, 0.3) is 0 Å². The second-order valence-electron chi connectivity index (χ2n) is 5.84. The van der Waals surface area contributed by atoms with Gasteiger partial charge in [0.15, 0.2) is 6.04 Å². The van der Waals surface area contributed by atoms with E-state index in [1.165, 1.54) is 0 Å². The van der Waals surface area contributed by atoms with E-state index >= 15 is 0 Å². The van der Waals surface area contributed by atoms with Gasteiger partial charge in [0, 0.05) is 5.56 Å². The number of rotatable bonds is 4. The van der Waals surface area contributed by atoms with E-state index in [4.69, 9.17) is 0 Å². The lowest BCUT2D eigenvalue weighted by molar-refractivity contribution is -0.139. The number of carbonyl (C=O) groups is 2. The molecule has 1 amide bonds. The average Bonchev–Trinajstić information content (AvgIpc) is 2.50. The third kappa shape index (κ3) is 3.59. The standard InChI is InChI=1S/C19H21NO3/c1-11-8-9-15(10-13(11)3)17(19(22)23)20-18(21)16-7-5-6-12(2)14(16)4/h5-10,17H,1-4H3,(H,20,21)(H,22,23). The molecule has 2 aromatic rings. The van der Waals surface area contributed by atoms with Crippen LogP contribution in [-0.2, 0) is 4.79 Å². The molecule has 0 fully saturated rings. The van der Waals surface area contributed by atoms with Crippen molar-refractivity contribution in [3.05, 3.63) is 69.8 Å². The lowest BCUT2D eigenvalue weighted by Crippen LogP contribution is -2.34. The van der Waals surface area contributed by atoms with E-state index in [2.05, 4.69) is 5.32 Å². The predicted molar refractivity (Wildman–Crippen MR) is 89.7 cm³/mol. The molecule has 0 heterocycles. The zero-order chi connectivity index (χ0) is 17.1. The van der Waals surface area contributed by atoms with Gasteiger partial charge in [0.1, 0.15) is 0 Å². The Morgan fingerprint density at radius 2 is 1.65 bits per heavy atom. The number of nitrogens with one attached hydrogen (secondary N) is 1. The fourth-order valence-corrected chi connectivity index (χ4v) is 2.44. The van der Waals surface area contributed by atoms with Crippen LogP contribution in [-0.4, -0.2) is 17.0 Å². The highest BCUT2D eigenvalue weighted by atomic mass is 16.4. The predicted octanol–water partition coefficient (Wildman–Crippen LogP) is 3.48. The number of aryl methyl sites for hydroxylation is 3. The van der Waals surface area contributed by atoms with Crippen LogP contribution in [0.2, 0.25) is 0 Å². The van der Waals surface area contributed by atoms with Crippen LogP contribution in [0.1, 0.15) is 44.2 Å². The van der Waals surface area contributed by atoms with E-state index in [9.17, 15) is 14.7 Å². The zero-order valence-electron chi connectivity index (χ0n) is 13.8. The summed E-state index contributed by atoms with van der Waals surface area (Å²) in [4.78, 5) is 24.1. The second kappa shape index (κ2) is 6.65. The Hall–Kier alpha value is -2.62. The first-order chi connectivity index (χ1) is 10.8. The molecule has 0 saturated carbocycles. The molecule has 0 aliphatic rings. The molecule has 0 spiro atoms. The number of carboxylic acid groups (broad SMARTS) is 1. The highest BCUT2D eigenvalue weighted by Crippen LogP contribution is 2.19. The minimum absolute atomic E-state index is 0.378. The van der Waals surface area contributed by atoms with Gasteiger partial charge >= 0.3 is 5.97 Å². The number of amides is 1. The molecule has 1 unspecified atom stereocenters. The molecule has 0 aliphatic carbocycles. The third-order valence-corrected chi connectivity index (χ3v) is 4.24. The van der Waals surface area contributed by atoms with E-state index in [0.717, 1.165) is 22.3 Å². The molecule has 4 nitrogen and oxygen atoms in total. The maximum absolute atomic E-state index is 12.5. The first kappa shape index (κ1) is 16.7. The topological polar surface area (TPSA) is 66.4 Å². The minimum Gasteiger partial charge on any atom is -0.479 e. The molecule has 0 radical (unpaired) electrons. The van der Waals surface area contributed by atoms with Crippen molar-refractivity contribution in [2.24, 2.45) is 0 Å². The van der Waals surface area contributed by atoms with Gasteiger partial charge in [0.25, 0.3) is 5.91 Å². The molecule has 0 bridgehead atoms. The molecular weight excluding hydrogens is 290 g/mol. The van der Waals surface area contributed by atoms with Crippen molar-refractivity contribution in [3.8, 4) is 0 Å². The summed E-state index contributed by atoms with van der Waals surface area (Å²) >= 11 is 0. The SMILES string of the molecule is Cc1ccc(C(NC(=O)c2cccc(C)c2C)C(=O)O)cc1C. The molecule has 2 N–H and O–H groups in total. The fraction of sp³-hybridized carbons (Fsp3) is 0.263. The molecule has 1 atom stereocenters. The number of aliphatic carboxylic acids is 1. The van der Waals surface area contributed by atoms with Crippen LogP contribution in [0.5, 0.6) is 0 Å². The van der Waals surface area contributed by atoms with E-state index in [1.54, 1.807) is 24.3 Å². The van der Waals surface area contributed by atoms with Gasteiger partial charge in [-0.25, -0.2) is 4.79 Å². The molecular formula is C19H21NO3. The normalized spacial score (nSPS) is 11.8.